The second-order valence-corrected chi connectivity index (χ2v) is 7.59. The number of anilines is 1. The van der Waals surface area contributed by atoms with E-state index in [9.17, 15) is 4.79 Å². The van der Waals surface area contributed by atoms with E-state index in [1.165, 1.54) is 16.3 Å². The van der Waals surface area contributed by atoms with Gasteiger partial charge in [0.25, 0.3) is 5.91 Å². The van der Waals surface area contributed by atoms with Crippen LogP contribution in [0.15, 0.2) is 77.9 Å². The summed E-state index contributed by atoms with van der Waals surface area (Å²) in [5, 5.41) is 6.06. The highest BCUT2D eigenvalue weighted by atomic mass is 16.5. The molecule has 0 bridgehead atoms. The van der Waals surface area contributed by atoms with E-state index < -0.39 is 0 Å². The van der Waals surface area contributed by atoms with Gasteiger partial charge in [-0.3, -0.25) is 4.79 Å². The number of rotatable bonds is 9. The molecule has 3 aromatic rings. The Hall–Kier alpha value is -3.60. The van der Waals surface area contributed by atoms with E-state index in [1.807, 2.05) is 43.3 Å². The van der Waals surface area contributed by atoms with Gasteiger partial charge in [-0.15, -0.1) is 0 Å². The Morgan fingerprint density at radius 3 is 2.09 bits per heavy atom. The average Bonchev–Trinajstić information content (AvgIpc) is 2.84. The molecule has 0 radical (unpaired) electrons. The van der Waals surface area contributed by atoms with E-state index in [-0.39, 0.29) is 5.91 Å². The highest BCUT2D eigenvalue weighted by molar-refractivity contribution is 5.95. The molecule has 3 aromatic carbocycles. The Balaban J connectivity index is 1.83. The summed E-state index contributed by atoms with van der Waals surface area (Å²) in [7, 11) is 1.61. The third kappa shape index (κ3) is 5.97. The summed E-state index contributed by atoms with van der Waals surface area (Å²) in [4.78, 5) is 15.5. The molecule has 5 nitrogen and oxygen atoms in total. The van der Waals surface area contributed by atoms with Crippen molar-refractivity contribution in [2.45, 2.75) is 27.3 Å². The fraction of sp³-hybridized carbons (Fsp3) is 0.259. The molecule has 32 heavy (non-hydrogen) atoms. The van der Waals surface area contributed by atoms with Gasteiger partial charge < -0.3 is 9.64 Å². The van der Waals surface area contributed by atoms with Gasteiger partial charge in [0.15, 0.2) is 0 Å². The number of carbonyl (C=O) groups excluding carboxylic acids is 1. The van der Waals surface area contributed by atoms with Gasteiger partial charge in [0.1, 0.15) is 5.75 Å². The first kappa shape index (κ1) is 23.1. The minimum absolute atomic E-state index is 0.163. The summed E-state index contributed by atoms with van der Waals surface area (Å²) in [6.45, 7) is 8.65. The number of methoxy groups -OCH3 is 1. The SMILES string of the molecule is CCN(CC)c1ccc(C=NN(Cc2ccc(C)cc2)C(=O)c2ccc(OC)cc2)cc1. The van der Waals surface area contributed by atoms with Crippen LogP contribution in [-0.2, 0) is 6.54 Å². The maximum Gasteiger partial charge on any atom is 0.274 e. The molecular weight excluding hydrogens is 398 g/mol. The summed E-state index contributed by atoms with van der Waals surface area (Å²) >= 11 is 0. The minimum Gasteiger partial charge on any atom is -0.497 e. The van der Waals surface area contributed by atoms with Crippen molar-refractivity contribution in [2.24, 2.45) is 5.10 Å². The van der Waals surface area contributed by atoms with Crippen LogP contribution in [0.25, 0.3) is 0 Å². The van der Waals surface area contributed by atoms with Crippen LogP contribution in [0.3, 0.4) is 0 Å². The number of nitrogens with zero attached hydrogens (tertiary/aromatic N) is 3. The molecule has 0 unspecified atom stereocenters. The lowest BCUT2D eigenvalue weighted by Crippen LogP contribution is -2.25. The molecule has 1 amide bonds. The largest absolute Gasteiger partial charge is 0.497 e. The van der Waals surface area contributed by atoms with Crippen molar-refractivity contribution < 1.29 is 9.53 Å². The molecule has 5 heteroatoms. The van der Waals surface area contributed by atoms with Gasteiger partial charge in [-0.1, -0.05) is 42.0 Å². The van der Waals surface area contributed by atoms with E-state index >= 15 is 0 Å². The standard InChI is InChI=1S/C27H31N3O2/c1-5-29(6-2)25-15-11-22(12-16-25)19-28-30(20-23-9-7-21(3)8-10-23)27(31)24-13-17-26(32-4)18-14-24/h7-19H,5-6,20H2,1-4H3. The fourth-order valence-corrected chi connectivity index (χ4v) is 3.41. The predicted molar refractivity (Wildman–Crippen MR) is 132 cm³/mol. The summed E-state index contributed by atoms with van der Waals surface area (Å²) in [5.74, 6) is 0.549. The lowest BCUT2D eigenvalue weighted by molar-refractivity contribution is 0.0749. The van der Waals surface area contributed by atoms with Crippen LogP contribution >= 0.6 is 0 Å². The van der Waals surface area contributed by atoms with Gasteiger partial charge in [-0.25, -0.2) is 5.01 Å². The number of amides is 1. The molecule has 166 valence electrons. The quantitative estimate of drug-likeness (QED) is 0.332. The summed E-state index contributed by atoms with van der Waals surface area (Å²) < 4.78 is 5.21. The fourth-order valence-electron chi connectivity index (χ4n) is 3.41. The number of aryl methyl sites for hydroxylation is 1. The average molecular weight is 430 g/mol. The topological polar surface area (TPSA) is 45.1 Å². The lowest BCUT2D eigenvalue weighted by atomic mass is 10.1. The Morgan fingerprint density at radius 2 is 1.53 bits per heavy atom. The normalized spacial score (nSPS) is 10.9. The van der Waals surface area contributed by atoms with E-state index in [0.29, 0.717) is 17.9 Å². The molecule has 0 aliphatic rings. The molecule has 0 atom stereocenters. The number of hydrazone groups is 1. The van der Waals surface area contributed by atoms with Crippen LogP contribution in [0.1, 0.15) is 40.9 Å². The monoisotopic (exact) mass is 429 g/mol. The van der Waals surface area contributed by atoms with Crippen LogP contribution in [0, 0.1) is 6.92 Å². The van der Waals surface area contributed by atoms with Crippen molar-refractivity contribution in [1.29, 1.82) is 0 Å². The third-order valence-corrected chi connectivity index (χ3v) is 5.39. The number of benzene rings is 3. The van der Waals surface area contributed by atoms with Gasteiger partial charge in [0, 0.05) is 24.3 Å². The van der Waals surface area contributed by atoms with Crippen molar-refractivity contribution in [3.8, 4) is 5.75 Å². The lowest BCUT2D eigenvalue weighted by Gasteiger charge is -2.21. The number of hydrogen-bond acceptors (Lipinski definition) is 4. The molecule has 0 N–H and O–H groups in total. The van der Waals surface area contributed by atoms with Crippen molar-refractivity contribution in [2.75, 3.05) is 25.1 Å². The van der Waals surface area contributed by atoms with Crippen LogP contribution < -0.4 is 9.64 Å². The van der Waals surface area contributed by atoms with Crippen LogP contribution in [0.4, 0.5) is 5.69 Å². The molecule has 0 aliphatic carbocycles. The first-order chi connectivity index (χ1) is 15.5. The highest BCUT2D eigenvalue weighted by Gasteiger charge is 2.16. The Morgan fingerprint density at radius 1 is 0.906 bits per heavy atom. The predicted octanol–water partition coefficient (Wildman–Crippen LogP) is 5.53. The molecule has 0 saturated heterocycles. The smallest absolute Gasteiger partial charge is 0.274 e. The van der Waals surface area contributed by atoms with E-state index in [1.54, 1.807) is 37.6 Å². The molecule has 0 heterocycles. The van der Waals surface area contributed by atoms with Gasteiger partial charge in [0.2, 0.25) is 0 Å². The van der Waals surface area contributed by atoms with Gasteiger partial charge in [0.05, 0.1) is 19.9 Å². The van der Waals surface area contributed by atoms with Crippen molar-refractivity contribution in [3.05, 3.63) is 95.1 Å². The molecule has 0 aromatic heterocycles. The Labute approximate surface area is 190 Å². The van der Waals surface area contributed by atoms with E-state index in [0.717, 1.165) is 24.2 Å². The zero-order chi connectivity index (χ0) is 22.9. The summed E-state index contributed by atoms with van der Waals surface area (Å²) in [6, 6.07) is 23.5. The van der Waals surface area contributed by atoms with Gasteiger partial charge >= 0.3 is 0 Å². The molecule has 3 rings (SSSR count). The second-order valence-electron chi connectivity index (χ2n) is 7.59. The molecular formula is C27H31N3O2. The Kier molecular flexibility index (Phi) is 8.03. The van der Waals surface area contributed by atoms with Crippen LogP contribution in [0.5, 0.6) is 5.75 Å². The number of carbonyl (C=O) groups is 1. The molecule has 0 saturated carbocycles. The van der Waals surface area contributed by atoms with Gasteiger partial charge in [-0.2, -0.15) is 5.10 Å². The number of hydrogen-bond donors (Lipinski definition) is 0. The van der Waals surface area contributed by atoms with Crippen molar-refractivity contribution in [3.63, 3.8) is 0 Å². The maximum atomic E-state index is 13.2. The second kappa shape index (κ2) is 11.1. The van der Waals surface area contributed by atoms with E-state index in [4.69, 9.17) is 4.74 Å². The maximum absolute atomic E-state index is 13.2. The minimum atomic E-state index is -0.163. The first-order valence-electron chi connectivity index (χ1n) is 10.9. The highest BCUT2D eigenvalue weighted by Crippen LogP contribution is 2.17. The molecule has 0 aliphatic heterocycles. The van der Waals surface area contributed by atoms with Crippen molar-refractivity contribution >= 4 is 17.8 Å². The third-order valence-electron chi connectivity index (χ3n) is 5.39. The van der Waals surface area contributed by atoms with Gasteiger partial charge in [-0.05, 0) is 68.3 Å². The number of ether oxygens (including phenoxy) is 1. The molecule has 0 fully saturated rings. The zero-order valence-corrected chi connectivity index (χ0v) is 19.3. The van der Waals surface area contributed by atoms with E-state index in [2.05, 4.69) is 36.0 Å². The van der Waals surface area contributed by atoms with Crippen LogP contribution in [0.2, 0.25) is 0 Å². The summed E-state index contributed by atoms with van der Waals surface area (Å²) in [5.41, 5.74) is 4.88. The molecule has 0 spiro atoms. The summed E-state index contributed by atoms with van der Waals surface area (Å²) in [6.07, 6.45) is 1.74. The first-order valence-corrected chi connectivity index (χ1v) is 10.9. The Bertz CT molecular complexity index is 1020. The van der Waals surface area contributed by atoms with Crippen LogP contribution in [-0.4, -0.2) is 37.3 Å². The zero-order valence-electron chi connectivity index (χ0n) is 19.3. The van der Waals surface area contributed by atoms with Crippen molar-refractivity contribution in [1.82, 2.24) is 5.01 Å².